The molecule has 1 aromatic heterocycles. The van der Waals surface area contributed by atoms with E-state index in [1.165, 1.54) is 0 Å². The zero-order valence-electron chi connectivity index (χ0n) is 8.96. The number of nitrogens with zero attached hydrogens (tertiary/aromatic N) is 2. The average molecular weight is 345 g/mol. The highest BCUT2D eigenvalue weighted by atomic mass is 79.9. The Bertz CT molecular complexity index is 546. The van der Waals surface area contributed by atoms with Crippen molar-refractivity contribution in [1.29, 1.82) is 0 Å². The lowest BCUT2D eigenvalue weighted by Gasteiger charge is -2.02. The van der Waals surface area contributed by atoms with Gasteiger partial charge in [0, 0.05) is 21.6 Å². The highest BCUT2D eigenvalue weighted by molar-refractivity contribution is 9.13. The molecule has 1 heterocycles. The minimum absolute atomic E-state index is 0.687. The largest absolute Gasteiger partial charge is 0.383 e. The number of imidazole rings is 1. The molecule has 0 spiro atoms. The first-order chi connectivity index (χ1) is 7.50. The normalized spacial score (nSPS) is 10.8. The molecule has 1 aromatic carbocycles. The van der Waals surface area contributed by atoms with E-state index in [1.54, 1.807) is 0 Å². The lowest BCUT2D eigenvalue weighted by atomic mass is 10.1. The molecule has 3 nitrogen and oxygen atoms in total. The molecule has 2 aromatic rings. The molecule has 0 radical (unpaired) electrons. The summed E-state index contributed by atoms with van der Waals surface area (Å²) in [5.41, 5.74) is 7.83. The minimum atomic E-state index is 0.687. The number of hydrogen-bond donors (Lipinski definition) is 1. The summed E-state index contributed by atoms with van der Waals surface area (Å²) >= 11 is 6.91. The molecule has 0 bridgehead atoms. The Hall–Kier alpha value is -0.810. The molecular weight excluding hydrogens is 334 g/mol. The number of benzene rings is 1. The molecule has 0 aliphatic heterocycles. The topological polar surface area (TPSA) is 43.8 Å². The molecular formula is C11H11Br2N3. The first-order valence-corrected chi connectivity index (χ1v) is 6.33. The summed E-state index contributed by atoms with van der Waals surface area (Å²) in [4.78, 5) is 4.45. The summed E-state index contributed by atoms with van der Waals surface area (Å²) in [7, 11) is 1.91. The van der Waals surface area contributed by atoms with Gasteiger partial charge < -0.3 is 10.3 Å². The quantitative estimate of drug-likeness (QED) is 0.860. The van der Waals surface area contributed by atoms with Crippen molar-refractivity contribution in [2.75, 3.05) is 5.73 Å². The van der Waals surface area contributed by atoms with Crippen LogP contribution in [0.2, 0.25) is 0 Å². The van der Waals surface area contributed by atoms with Gasteiger partial charge in [-0.05, 0) is 50.9 Å². The van der Waals surface area contributed by atoms with Crippen molar-refractivity contribution < 1.29 is 0 Å². The molecule has 0 fully saturated rings. The third kappa shape index (κ3) is 1.89. The van der Waals surface area contributed by atoms with Gasteiger partial charge in [-0.25, -0.2) is 4.98 Å². The van der Waals surface area contributed by atoms with Crippen molar-refractivity contribution in [2.45, 2.75) is 6.92 Å². The van der Waals surface area contributed by atoms with E-state index in [2.05, 4.69) is 36.8 Å². The number of nitrogens with two attached hydrogens (primary N) is 1. The second-order valence-electron chi connectivity index (χ2n) is 3.58. The third-order valence-electron chi connectivity index (χ3n) is 2.56. The second-order valence-corrected chi connectivity index (χ2v) is 5.29. The van der Waals surface area contributed by atoms with Crippen LogP contribution in [0, 0.1) is 6.92 Å². The van der Waals surface area contributed by atoms with E-state index in [0.717, 1.165) is 26.0 Å². The fourth-order valence-corrected chi connectivity index (χ4v) is 2.11. The molecule has 5 heteroatoms. The van der Waals surface area contributed by atoms with Crippen molar-refractivity contribution in [2.24, 2.45) is 7.05 Å². The molecule has 0 aliphatic rings. The van der Waals surface area contributed by atoms with Crippen molar-refractivity contribution in [3.8, 4) is 11.3 Å². The standard InChI is InChI=1S/C11H11Br2N3/c1-6-15-10(11(14)16(6)2)7-3-4-8(12)9(13)5-7/h3-5H,14H2,1-2H3. The fraction of sp³-hybridized carbons (Fsp3) is 0.182. The number of rotatable bonds is 1. The molecule has 84 valence electrons. The number of halogens is 2. The molecule has 0 saturated carbocycles. The summed E-state index contributed by atoms with van der Waals surface area (Å²) in [6, 6.07) is 5.97. The van der Waals surface area contributed by atoms with Crippen molar-refractivity contribution in [3.63, 3.8) is 0 Å². The monoisotopic (exact) mass is 343 g/mol. The molecule has 2 rings (SSSR count). The summed E-state index contributed by atoms with van der Waals surface area (Å²) in [5, 5.41) is 0. The van der Waals surface area contributed by atoms with Gasteiger partial charge in [-0.3, -0.25) is 0 Å². The van der Waals surface area contributed by atoms with E-state index in [-0.39, 0.29) is 0 Å². The van der Waals surface area contributed by atoms with Gasteiger partial charge >= 0.3 is 0 Å². The van der Waals surface area contributed by atoms with Crippen LogP contribution in [-0.4, -0.2) is 9.55 Å². The average Bonchev–Trinajstić information content (AvgIpc) is 2.50. The summed E-state index contributed by atoms with van der Waals surface area (Å²) in [5.74, 6) is 1.60. The van der Waals surface area contributed by atoms with Crippen LogP contribution >= 0.6 is 31.9 Å². The minimum Gasteiger partial charge on any atom is -0.383 e. The zero-order valence-corrected chi connectivity index (χ0v) is 12.1. The van der Waals surface area contributed by atoms with Crippen molar-refractivity contribution >= 4 is 37.7 Å². The van der Waals surface area contributed by atoms with Gasteiger partial charge in [0.25, 0.3) is 0 Å². The summed E-state index contributed by atoms with van der Waals surface area (Å²) < 4.78 is 3.89. The maximum Gasteiger partial charge on any atom is 0.131 e. The Morgan fingerprint density at radius 1 is 1.25 bits per heavy atom. The Labute approximate surface area is 111 Å². The van der Waals surface area contributed by atoms with Crippen LogP contribution in [-0.2, 0) is 7.05 Å². The predicted molar refractivity (Wildman–Crippen MR) is 73.2 cm³/mol. The van der Waals surface area contributed by atoms with Gasteiger partial charge in [-0.2, -0.15) is 0 Å². The zero-order chi connectivity index (χ0) is 11.9. The Morgan fingerprint density at radius 2 is 1.94 bits per heavy atom. The maximum absolute atomic E-state index is 6.00. The van der Waals surface area contributed by atoms with Crippen LogP contribution < -0.4 is 5.73 Å². The van der Waals surface area contributed by atoms with Crippen molar-refractivity contribution in [1.82, 2.24) is 9.55 Å². The number of aromatic nitrogens is 2. The van der Waals surface area contributed by atoms with Gasteiger partial charge in [0.2, 0.25) is 0 Å². The maximum atomic E-state index is 6.00. The van der Waals surface area contributed by atoms with Crippen molar-refractivity contribution in [3.05, 3.63) is 33.0 Å². The smallest absolute Gasteiger partial charge is 0.131 e. The molecule has 0 atom stereocenters. The van der Waals surface area contributed by atoms with Gasteiger partial charge in [-0.1, -0.05) is 6.07 Å². The van der Waals surface area contributed by atoms with Crippen LogP contribution in [0.1, 0.15) is 5.82 Å². The number of anilines is 1. The van der Waals surface area contributed by atoms with Crippen LogP contribution in [0.15, 0.2) is 27.1 Å². The van der Waals surface area contributed by atoms with Crippen LogP contribution in [0.4, 0.5) is 5.82 Å². The molecule has 16 heavy (non-hydrogen) atoms. The molecule has 0 saturated heterocycles. The SMILES string of the molecule is Cc1nc(-c2ccc(Br)c(Br)c2)c(N)n1C. The first kappa shape index (κ1) is 11.7. The van der Waals surface area contributed by atoms with Crippen LogP contribution in [0.5, 0.6) is 0 Å². The van der Waals surface area contributed by atoms with E-state index in [9.17, 15) is 0 Å². The van der Waals surface area contributed by atoms with Gasteiger partial charge in [-0.15, -0.1) is 0 Å². The van der Waals surface area contributed by atoms with E-state index < -0.39 is 0 Å². The van der Waals surface area contributed by atoms with E-state index >= 15 is 0 Å². The lowest BCUT2D eigenvalue weighted by Crippen LogP contribution is -1.98. The van der Waals surface area contributed by atoms with Gasteiger partial charge in [0.15, 0.2) is 0 Å². The second kappa shape index (κ2) is 4.22. The predicted octanol–water partition coefficient (Wildman–Crippen LogP) is 3.50. The first-order valence-electron chi connectivity index (χ1n) is 4.75. The van der Waals surface area contributed by atoms with E-state index in [0.29, 0.717) is 5.82 Å². The molecule has 0 amide bonds. The summed E-state index contributed by atoms with van der Waals surface area (Å²) in [6.07, 6.45) is 0. The van der Waals surface area contributed by atoms with E-state index in [4.69, 9.17) is 5.73 Å². The number of hydrogen-bond acceptors (Lipinski definition) is 2. The van der Waals surface area contributed by atoms with E-state index in [1.807, 2.05) is 36.7 Å². The summed E-state index contributed by atoms with van der Waals surface area (Å²) in [6.45, 7) is 1.94. The Balaban J connectivity index is 2.59. The molecule has 0 aliphatic carbocycles. The molecule has 0 unspecified atom stereocenters. The third-order valence-corrected chi connectivity index (χ3v) is 4.44. The molecule has 2 N–H and O–H groups in total. The van der Waals surface area contributed by atoms with Crippen LogP contribution in [0.25, 0.3) is 11.3 Å². The van der Waals surface area contributed by atoms with Gasteiger partial charge in [0.05, 0.1) is 0 Å². The lowest BCUT2D eigenvalue weighted by molar-refractivity contribution is 0.868. The number of nitrogen functional groups attached to an aromatic ring is 1. The Morgan fingerprint density at radius 3 is 2.44 bits per heavy atom. The number of aryl methyl sites for hydroxylation is 1. The van der Waals surface area contributed by atoms with Crippen LogP contribution in [0.3, 0.4) is 0 Å². The fourth-order valence-electron chi connectivity index (χ4n) is 1.48. The van der Waals surface area contributed by atoms with Gasteiger partial charge in [0.1, 0.15) is 17.3 Å². The highest BCUT2D eigenvalue weighted by Gasteiger charge is 2.11. The highest BCUT2D eigenvalue weighted by Crippen LogP contribution is 2.31. The Kier molecular flexibility index (Phi) is 3.08.